The molecule has 0 bridgehead atoms. The fraction of sp³-hybridized carbons (Fsp3) is 0.176. The molecule has 0 aliphatic heterocycles. The number of aromatic hydroxyl groups is 1. The van der Waals surface area contributed by atoms with Gasteiger partial charge in [0.2, 0.25) is 5.62 Å². The lowest BCUT2D eigenvalue weighted by Crippen LogP contribution is -2.26. The lowest BCUT2D eigenvalue weighted by atomic mass is 10.1. The number of phenols is 1. The van der Waals surface area contributed by atoms with Crippen LogP contribution in [0.5, 0.6) is 5.75 Å². The van der Waals surface area contributed by atoms with Crippen LogP contribution in [0.3, 0.4) is 0 Å². The lowest BCUT2D eigenvalue weighted by molar-refractivity contribution is 0.473. The normalized spacial score (nSPS) is 11.0. The number of para-hydroxylation sites is 2. The second-order valence-corrected chi connectivity index (χ2v) is 5.41. The summed E-state index contributed by atoms with van der Waals surface area (Å²) in [4.78, 5) is 0. The van der Waals surface area contributed by atoms with Gasteiger partial charge in [0, 0.05) is 12.6 Å². The summed E-state index contributed by atoms with van der Waals surface area (Å²) in [5.41, 5.74) is 4.14. The van der Waals surface area contributed by atoms with Gasteiger partial charge in [-0.3, -0.25) is 5.41 Å². The fourth-order valence-corrected chi connectivity index (χ4v) is 2.83. The highest BCUT2D eigenvalue weighted by Crippen LogP contribution is 2.19. The molecular formula is C17H18N4O. The van der Waals surface area contributed by atoms with Crippen molar-refractivity contribution >= 4 is 16.7 Å². The molecule has 3 N–H and O–H groups in total. The van der Waals surface area contributed by atoms with E-state index in [1.54, 1.807) is 28.8 Å². The smallest absolute Gasteiger partial charge is 0.203 e. The number of aryl methyl sites for hydroxylation is 2. The van der Waals surface area contributed by atoms with Crippen molar-refractivity contribution in [3.05, 3.63) is 59.2 Å². The molecule has 0 spiro atoms. The minimum absolute atomic E-state index is 0.0936. The van der Waals surface area contributed by atoms with Crippen molar-refractivity contribution in [3.63, 3.8) is 0 Å². The largest absolute Gasteiger partial charge is 0.507 e. The van der Waals surface area contributed by atoms with E-state index >= 15 is 0 Å². The van der Waals surface area contributed by atoms with Crippen molar-refractivity contribution in [2.45, 2.75) is 13.5 Å². The van der Waals surface area contributed by atoms with Crippen LogP contribution in [0.15, 0.2) is 42.5 Å². The van der Waals surface area contributed by atoms with Gasteiger partial charge in [-0.2, -0.15) is 0 Å². The summed E-state index contributed by atoms with van der Waals surface area (Å²) in [5, 5.41) is 26.5. The van der Waals surface area contributed by atoms with Gasteiger partial charge >= 0.3 is 0 Å². The van der Waals surface area contributed by atoms with Gasteiger partial charge in [0.25, 0.3) is 0 Å². The number of nitrogens with zero attached hydrogens (tertiary/aromatic N) is 2. The first-order valence-corrected chi connectivity index (χ1v) is 7.06. The van der Waals surface area contributed by atoms with Gasteiger partial charge in [0.1, 0.15) is 5.75 Å². The zero-order valence-corrected chi connectivity index (χ0v) is 12.6. The molecule has 1 aromatic heterocycles. The van der Waals surface area contributed by atoms with Crippen molar-refractivity contribution in [1.82, 2.24) is 9.13 Å². The molecule has 0 fully saturated rings. The maximum atomic E-state index is 9.89. The molecule has 2 aromatic carbocycles. The Morgan fingerprint density at radius 1 is 1.14 bits per heavy atom. The van der Waals surface area contributed by atoms with E-state index in [-0.39, 0.29) is 18.0 Å². The van der Waals surface area contributed by atoms with Gasteiger partial charge < -0.3 is 19.7 Å². The van der Waals surface area contributed by atoms with Gasteiger partial charge in [-0.25, -0.2) is 0 Å². The highest BCUT2D eigenvalue weighted by Gasteiger charge is 2.13. The minimum Gasteiger partial charge on any atom is -0.507 e. The summed E-state index contributed by atoms with van der Waals surface area (Å²) >= 11 is 0. The van der Waals surface area contributed by atoms with E-state index in [0.29, 0.717) is 11.2 Å². The second kappa shape index (κ2) is 5.18. The Labute approximate surface area is 128 Å². The Bertz CT molecular complexity index is 933. The highest BCUT2D eigenvalue weighted by atomic mass is 16.3. The minimum atomic E-state index is 0.0936. The van der Waals surface area contributed by atoms with Crippen LogP contribution in [0.4, 0.5) is 0 Å². The summed E-state index contributed by atoms with van der Waals surface area (Å²) < 4.78 is 3.61. The molecule has 0 amide bonds. The third-order valence-electron chi connectivity index (χ3n) is 3.96. The first kappa shape index (κ1) is 14.1. The molecule has 0 aliphatic carbocycles. The Hall–Kier alpha value is -2.82. The zero-order valence-electron chi connectivity index (χ0n) is 12.6. The Morgan fingerprint density at radius 2 is 1.86 bits per heavy atom. The van der Waals surface area contributed by atoms with E-state index in [0.717, 1.165) is 16.6 Å². The van der Waals surface area contributed by atoms with Crippen LogP contribution in [0, 0.1) is 17.7 Å². The van der Waals surface area contributed by atoms with E-state index in [4.69, 9.17) is 10.8 Å². The van der Waals surface area contributed by atoms with E-state index < -0.39 is 0 Å². The van der Waals surface area contributed by atoms with Crippen LogP contribution >= 0.6 is 0 Å². The molecule has 0 atom stereocenters. The molecule has 0 radical (unpaired) electrons. The number of rotatable bonds is 3. The van der Waals surface area contributed by atoms with Gasteiger partial charge in [-0.1, -0.05) is 24.3 Å². The van der Waals surface area contributed by atoms with Gasteiger partial charge in [0.05, 0.1) is 23.3 Å². The van der Waals surface area contributed by atoms with Gasteiger partial charge in [-0.05, 0) is 30.7 Å². The summed E-state index contributed by atoms with van der Waals surface area (Å²) in [6, 6.07) is 12.7. The SMILES string of the molecule is Cc1cccc2c1n(C)c(=N)n2CC(=N)c1ccccc1O. The molecule has 1 heterocycles. The molecule has 0 aliphatic rings. The number of nitrogens with one attached hydrogen (secondary N) is 2. The predicted molar refractivity (Wildman–Crippen MR) is 86.4 cm³/mol. The maximum Gasteiger partial charge on any atom is 0.203 e. The van der Waals surface area contributed by atoms with Crippen LogP contribution < -0.4 is 5.62 Å². The molecule has 22 heavy (non-hydrogen) atoms. The first-order valence-electron chi connectivity index (χ1n) is 7.06. The van der Waals surface area contributed by atoms with E-state index in [1.807, 2.05) is 36.7 Å². The van der Waals surface area contributed by atoms with Crippen LogP contribution in [0.1, 0.15) is 11.1 Å². The molecule has 0 saturated heterocycles. The van der Waals surface area contributed by atoms with Crippen LogP contribution in [-0.2, 0) is 13.6 Å². The van der Waals surface area contributed by atoms with Crippen LogP contribution in [0.25, 0.3) is 11.0 Å². The quantitative estimate of drug-likeness (QED) is 0.638. The molecule has 5 heteroatoms. The zero-order chi connectivity index (χ0) is 15.9. The number of imidazole rings is 1. The monoisotopic (exact) mass is 294 g/mol. The first-order chi connectivity index (χ1) is 10.5. The van der Waals surface area contributed by atoms with Crippen molar-refractivity contribution in [2.24, 2.45) is 7.05 Å². The van der Waals surface area contributed by atoms with Crippen LogP contribution in [-0.4, -0.2) is 20.0 Å². The predicted octanol–water partition coefficient (Wildman–Crippen LogP) is 2.54. The summed E-state index contributed by atoms with van der Waals surface area (Å²) in [5.74, 6) is 0.0936. The molecule has 5 nitrogen and oxygen atoms in total. The van der Waals surface area contributed by atoms with Gasteiger partial charge in [-0.15, -0.1) is 0 Å². The number of aromatic nitrogens is 2. The third kappa shape index (κ3) is 2.11. The number of fused-ring (bicyclic) bond motifs is 1. The molecular weight excluding hydrogens is 276 g/mol. The highest BCUT2D eigenvalue weighted by molar-refractivity contribution is 6.01. The maximum absolute atomic E-state index is 9.89. The fourth-order valence-electron chi connectivity index (χ4n) is 2.83. The Balaban J connectivity index is 2.11. The van der Waals surface area contributed by atoms with E-state index in [9.17, 15) is 5.11 Å². The van der Waals surface area contributed by atoms with E-state index in [2.05, 4.69) is 0 Å². The summed E-state index contributed by atoms with van der Waals surface area (Å²) in [6.45, 7) is 2.26. The average Bonchev–Trinajstić information content (AvgIpc) is 2.74. The standard InChI is InChI=1S/C17H18N4O/c1-11-6-5-8-14-16(11)20(2)17(19)21(14)10-13(18)12-7-3-4-9-15(12)22/h3-9,18-19,22H,10H2,1-2H3. The number of hydrogen-bond acceptors (Lipinski definition) is 3. The number of phenolic OH excluding ortho intramolecular Hbond substituents is 1. The Morgan fingerprint density at radius 3 is 2.59 bits per heavy atom. The number of hydrogen-bond donors (Lipinski definition) is 3. The lowest BCUT2D eigenvalue weighted by Gasteiger charge is -2.08. The molecule has 0 unspecified atom stereocenters. The van der Waals surface area contributed by atoms with Gasteiger partial charge in [0.15, 0.2) is 0 Å². The molecule has 3 aromatic rings. The molecule has 3 rings (SSSR count). The molecule has 112 valence electrons. The van der Waals surface area contributed by atoms with Crippen molar-refractivity contribution in [2.75, 3.05) is 0 Å². The van der Waals surface area contributed by atoms with Crippen LogP contribution in [0.2, 0.25) is 0 Å². The summed E-state index contributed by atoms with van der Waals surface area (Å²) in [7, 11) is 1.86. The summed E-state index contributed by atoms with van der Waals surface area (Å²) in [6.07, 6.45) is 0. The van der Waals surface area contributed by atoms with E-state index in [1.165, 1.54) is 0 Å². The van der Waals surface area contributed by atoms with Crippen molar-refractivity contribution < 1.29 is 5.11 Å². The topological polar surface area (TPSA) is 77.8 Å². The third-order valence-corrected chi connectivity index (χ3v) is 3.96. The average molecular weight is 294 g/mol. The van der Waals surface area contributed by atoms with Crippen molar-refractivity contribution in [1.29, 1.82) is 10.8 Å². The number of benzene rings is 2. The second-order valence-electron chi connectivity index (χ2n) is 5.41. The Kier molecular flexibility index (Phi) is 3.33. The molecule has 0 saturated carbocycles. The van der Waals surface area contributed by atoms with Crippen molar-refractivity contribution in [3.8, 4) is 5.75 Å².